The van der Waals surface area contributed by atoms with E-state index in [9.17, 15) is 4.79 Å². The van der Waals surface area contributed by atoms with Crippen LogP contribution < -0.4 is 11.1 Å². The third-order valence-corrected chi connectivity index (χ3v) is 2.90. The molecular weight excluding hydrogens is 226 g/mol. The van der Waals surface area contributed by atoms with Gasteiger partial charge in [0.25, 0.3) is 0 Å². The highest BCUT2D eigenvalue weighted by molar-refractivity contribution is 5.82. The van der Waals surface area contributed by atoms with Gasteiger partial charge in [0.05, 0.1) is 6.04 Å². The molecule has 0 bridgehead atoms. The summed E-state index contributed by atoms with van der Waals surface area (Å²) in [5.41, 5.74) is 5.77. The van der Waals surface area contributed by atoms with Crippen LogP contribution in [0.4, 0.5) is 0 Å². The molecule has 4 nitrogen and oxygen atoms in total. The van der Waals surface area contributed by atoms with Crippen molar-refractivity contribution in [3.63, 3.8) is 0 Å². The second-order valence-corrected chi connectivity index (χ2v) is 6.94. The van der Waals surface area contributed by atoms with E-state index < -0.39 is 6.04 Å². The molecule has 0 rings (SSSR count). The first kappa shape index (κ1) is 17.4. The summed E-state index contributed by atoms with van der Waals surface area (Å²) in [6, 6.07) is -0.296. The lowest BCUT2D eigenvalue weighted by Crippen LogP contribution is -2.53. The lowest BCUT2D eigenvalue weighted by Gasteiger charge is -2.30. The van der Waals surface area contributed by atoms with E-state index in [1.807, 2.05) is 34.9 Å². The Labute approximate surface area is 112 Å². The molecule has 108 valence electrons. The SMILES string of the molecule is CC(C)CC(CN(C)C)NC(=O)C(N)C(C)(C)C. The van der Waals surface area contributed by atoms with Crippen molar-refractivity contribution in [1.82, 2.24) is 10.2 Å². The summed E-state index contributed by atoms with van der Waals surface area (Å²) in [6.07, 6.45) is 0.973. The highest BCUT2D eigenvalue weighted by Crippen LogP contribution is 2.17. The molecule has 2 unspecified atom stereocenters. The second kappa shape index (κ2) is 7.10. The molecule has 0 heterocycles. The predicted molar refractivity (Wildman–Crippen MR) is 77.4 cm³/mol. The number of likely N-dealkylation sites (N-methyl/N-ethyl adjacent to an activating group) is 1. The van der Waals surface area contributed by atoms with Crippen LogP contribution in [0.3, 0.4) is 0 Å². The third-order valence-electron chi connectivity index (χ3n) is 2.90. The van der Waals surface area contributed by atoms with Crippen molar-refractivity contribution >= 4 is 5.91 Å². The topological polar surface area (TPSA) is 58.4 Å². The van der Waals surface area contributed by atoms with Crippen LogP contribution in [0.5, 0.6) is 0 Å². The van der Waals surface area contributed by atoms with Gasteiger partial charge in [0.15, 0.2) is 0 Å². The van der Waals surface area contributed by atoms with Gasteiger partial charge in [0.1, 0.15) is 0 Å². The van der Waals surface area contributed by atoms with E-state index in [1.54, 1.807) is 0 Å². The number of nitrogens with one attached hydrogen (secondary N) is 1. The number of nitrogens with zero attached hydrogens (tertiary/aromatic N) is 1. The Balaban J connectivity index is 4.52. The van der Waals surface area contributed by atoms with Crippen LogP contribution in [-0.4, -0.2) is 43.5 Å². The summed E-state index contributed by atoms with van der Waals surface area (Å²) < 4.78 is 0. The molecule has 2 atom stereocenters. The summed E-state index contributed by atoms with van der Waals surface area (Å²) in [5, 5.41) is 3.08. The first-order valence-electron chi connectivity index (χ1n) is 6.74. The fraction of sp³-hybridized carbons (Fsp3) is 0.929. The van der Waals surface area contributed by atoms with Gasteiger partial charge in [-0.05, 0) is 31.8 Å². The number of hydrogen-bond acceptors (Lipinski definition) is 3. The fourth-order valence-corrected chi connectivity index (χ4v) is 1.87. The van der Waals surface area contributed by atoms with Gasteiger partial charge >= 0.3 is 0 Å². The maximum atomic E-state index is 12.1. The summed E-state index contributed by atoms with van der Waals surface area (Å²) in [7, 11) is 4.03. The number of rotatable bonds is 6. The zero-order valence-electron chi connectivity index (χ0n) is 13.1. The summed E-state index contributed by atoms with van der Waals surface area (Å²) in [4.78, 5) is 14.2. The van der Waals surface area contributed by atoms with Crippen molar-refractivity contribution in [3.8, 4) is 0 Å². The Morgan fingerprint density at radius 1 is 1.28 bits per heavy atom. The van der Waals surface area contributed by atoms with Crippen LogP contribution >= 0.6 is 0 Å². The Morgan fingerprint density at radius 3 is 2.11 bits per heavy atom. The lowest BCUT2D eigenvalue weighted by atomic mass is 9.86. The predicted octanol–water partition coefficient (Wildman–Crippen LogP) is 1.45. The maximum Gasteiger partial charge on any atom is 0.237 e. The fourth-order valence-electron chi connectivity index (χ4n) is 1.87. The van der Waals surface area contributed by atoms with Crippen molar-refractivity contribution in [1.29, 1.82) is 0 Å². The first-order valence-corrected chi connectivity index (χ1v) is 6.74. The van der Waals surface area contributed by atoms with Gasteiger partial charge in [-0.25, -0.2) is 0 Å². The number of nitrogens with two attached hydrogens (primary N) is 1. The molecule has 0 aromatic rings. The van der Waals surface area contributed by atoms with Crippen molar-refractivity contribution < 1.29 is 4.79 Å². The molecule has 0 fully saturated rings. The quantitative estimate of drug-likeness (QED) is 0.757. The summed E-state index contributed by atoms with van der Waals surface area (Å²) in [6.45, 7) is 11.1. The minimum absolute atomic E-state index is 0.0463. The van der Waals surface area contributed by atoms with E-state index in [0.29, 0.717) is 5.92 Å². The van der Waals surface area contributed by atoms with Gasteiger partial charge < -0.3 is 16.0 Å². The normalized spacial score (nSPS) is 15.9. The minimum Gasteiger partial charge on any atom is -0.351 e. The number of amides is 1. The molecular formula is C14H31N3O. The zero-order chi connectivity index (χ0) is 14.5. The molecule has 0 aliphatic rings. The smallest absolute Gasteiger partial charge is 0.237 e. The average molecular weight is 257 g/mol. The van der Waals surface area contributed by atoms with Crippen molar-refractivity contribution in [2.75, 3.05) is 20.6 Å². The number of carbonyl (C=O) groups is 1. The van der Waals surface area contributed by atoms with E-state index in [2.05, 4.69) is 24.1 Å². The van der Waals surface area contributed by atoms with Gasteiger partial charge in [0.2, 0.25) is 5.91 Å². The summed E-state index contributed by atoms with van der Waals surface area (Å²) >= 11 is 0. The number of carbonyl (C=O) groups excluding carboxylic acids is 1. The van der Waals surface area contributed by atoms with Crippen LogP contribution in [0.25, 0.3) is 0 Å². The van der Waals surface area contributed by atoms with E-state index in [0.717, 1.165) is 13.0 Å². The van der Waals surface area contributed by atoms with Gasteiger partial charge in [-0.1, -0.05) is 34.6 Å². The molecule has 3 N–H and O–H groups in total. The van der Waals surface area contributed by atoms with E-state index in [-0.39, 0.29) is 17.4 Å². The number of hydrogen-bond donors (Lipinski definition) is 2. The molecule has 0 aromatic carbocycles. The standard InChI is InChI=1S/C14H31N3O/c1-10(2)8-11(9-17(6)7)16-13(18)12(15)14(3,4)5/h10-12H,8-9,15H2,1-7H3,(H,16,18). The van der Waals surface area contributed by atoms with Crippen LogP contribution in [0.2, 0.25) is 0 Å². The van der Waals surface area contributed by atoms with E-state index in [1.165, 1.54) is 0 Å². The molecule has 0 saturated heterocycles. The summed E-state index contributed by atoms with van der Waals surface area (Å²) in [5.74, 6) is 0.510. The van der Waals surface area contributed by atoms with E-state index >= 15 is 0 Å². The van der Waals surface area contributed by atoms with Crippen molar-refractivity contribution in [2.24, 2.45) is 17.1 Å². The van der Waals surface area contributed by atoms with Crippen molar-refractivity contribution in [2.45, 2.75) is 53.1 Å². The molecule has 0 aromatic heterocycles. The third kappa shape index (κ3) is 6.97. The van der Waals surface area contributed by atoms with Gasteiger partial charge in [-0.15, -0.1) is 0 Å². The van der Waals surface area contributed by atoms with Crippen LogP contribution in [0, 0.1) is 11.3 Å². The molecule has 0 aliphatic carbocycles. The van der Waals surface area contributed by atoms with Crippen LogP contribution in [0.1, 0.15) is 41.0 Å². The molecule has 0 spiro atoms. The monoisotopic (exact) mass is 257 g/mol. The Hall–Kier alpha value is -0.610. The Bertz CT molecular complexity index is 246. The first-order chi connectivity index (χ1) is 8.04. The minimum atomic E-state index is -0.464. The molecule has 0 saturated carbocycles. The Kier molecular flexibility index (Phi) is 6.86. The lowest BCUT2D eigenvalue weighted by molar-refractivity contribution is -0.125. The molecule has 1 amide bonds. The van der Waals surface area contributed by atoms with Gasteiger partial charge in [0, 0.05) is 12.6 Å². The molecule has 4 heteroatoms. The molecule has 18 heavy (non-hydrogen) atoms. The molecule has 0 aliphatic heterocycles. The van der Waals surface area contributed by atoms with Crippen molar-refractivity contribution in [3.05, 3.63) is 0 Å². The maximum absolute atomic E-state index is 12.1. The van der Waals surface area contributed by atoms with Crippen LogP contribution in [0.15, 0.2) is 0 Å². The van der Waals surface area contributed by atoms with Gasteiger partial charge in [-0.2, -0.15) is 0 Å². The average Bonchev–Trinajstić information content (AvgIpc) is 2.12. The van der Waals surface area contributed by atoms with E-state index in [4.69, 9.17) is 5.73 Å². The van der Waals surface area contributed by atoms with Gasteiger partial charge in [-0.3, -0.25) is 4.79 Å². The van der Waals surface area contributed by atoms with Crippen LogP contribution in [-0.2, 0) is 4.79 Å². The zero-order valence-corrected chi connectivity index (χ0v) is 13.1. The highest BCUT2D eigenvalue weighted by atomic mass is 16.2. The Morgan fingerprint density at radius 2 is 1.78 bits per heavy atom. The largest absolute Gasteiger partial charge is 0.351 e. The molecule has 0 radical (unpaired) electrons. The second-order valence-electron chi connectivity index (χ2n) is 6.94. The highest BCUT2D eigenvalue weighted by Gasteiger charge is 2.29.